The number of aromatic nitrogens is 1. The highest BCUT2D eigenvalue weighted by atomic mass is 35.5. The van der Waals surface area contributed by atoms with Crippen molar-refractivity contribution in [3.05, 3.63) is 45.6 Å². The zero-order valence-corrected chi connectivity index (χ0v) is 17.1. The fourth-order valence-electron chi connectivity index (χ4n) is 4.36. The number of rotatable bonds is 2. The summed E-state index contributed by atoms with van der Waals surface area (Å²) in [5.41, 5.74) is 4.59. The monoisotopic (exact) mass is 432 g/mol. The second-order valence-electron chi connectivity index (χ2n) is 7.23. The Morgan fingerprint density at radius 2 is 2.07 bits per heavy atom. The number of nitrogens with one attached hydrogen (secondary N) is 1. The van der Waals surface area contributed by atoms with Crippen molar-refractivity contribution >= 4 is 40.0 Å². The average Bonchev–Trinajstić information content (AvgIpc) is 3.35. The SMILES string of the molecule is C[C@H]1c2c([nH]c3c(Cl)c(Cl)cc(-c4ccc5c(c4)OCO5)c23)CCN1C(=O)CO. The van der Waals surface area contributed by atoms with Crippen LogP contribution in [0.2, 0.25) is 10.0 Å². The van der Waals surface area contributed by atoms with Crippen LogP contribution in [0.25, 0.3) is 22.0 Å². The molecule has 0 radical (unpaired) electrons. The number of aromatic amines is 1. The molecule has 29 heavy (non-hydrogen) atoms. The van der Waals surface area contributed by atoms with Gasteiger partial charge in [-0.3, -0.25) is 4.79 Å². The van der Waals surface area contributed by atoms with Gasteiger partial charge in [0.25, 0.3) is 0 Å². The molecule has 0 unspecified atom stereocenters. The summed E-state index contributed by atoms with van der Waals surface area (Å²) in [4.78, 5) is 17.4. The first-order valence-corrected chi connectivity index (χ1v) is 10.1. The van der Waals surface area contributed by atoms with E-state index in [2.05, 4.69) is 4.98 Å². The van der Waals surface area contributed by atoms with Crippen LogP contribution in [0.1, 0.15) is 24.2 Å². The van der Waals surface area contributed by atoms with Gasteiger partial charge in [0, 0.05) is 29.6 Å². The van der Waals surface area contributed by atoms with Gasteiger partial charge in [0.1, 0.15) is 6.61 Å². The van der Waals surface area contributed by atoms with Crippen LogP contribution in [-0.2, 0) is 11.2 Å². The number of hydrogen-bond acceptors (Lipinski definition) is 4. The summed E-state index contributed by atoms with van der Waals surface area (Å²) in [5, 5.41) is 11.2. The van der Waals surface area contributed by atoms with E-state index < -0.39 is 6.61 Å². The molecule has 6 nitrogen and oxygen atoms in total. The third-order valence-corrected chi connectivity index (χ3v) is 6.50. The van der Waals surface area contributed by atoms with Gasteiger partial charge in [0.15, 0.2) is 11.5 Å². The van der Waals surface area contributed by atoms with Crippen LogP contribution in [0.15, 0.2) is 24.3 Å². The Morgan fingerprint density at radius 1 is 1.28 bits per heavy atom. The maximum Gasteiger partial charge on any atom is 0.248 e. The second kappa shape index (κ2) is 6.83. The number of halogens is 2. The number of carbonyl (C=O) groups is 1. The molecule has 8 heteroatoms. The van der Waals surface area contributed by atoms with Gasteiger partial charge in [0.05, 0.1) is 21.6 Å². The maximum absolute atomic E-state index is 12.2. The topological polar surface area (TPSA) is 74.8 Å². The standard InChI is InChI=1S/C21H18Cl2N2O4/c1-10-18-14(4-5-25(10)17(27)8-26)24-21-19(18)12(7-13(22)20(21)23)11-2-3-15-16(6-11)29-9-28-15/h2-3,6-7,10,24,26H,4-5,8-9H2,1H3/t10-/m0/s1. The lowest BCUT2D eigenvalue weighted by Gasteiger charge is -2.33. The number of ether oxygens (including phenoxy) is 2. The predicted molar refractivity (Wildman–Crippen MR) is 111 cm³/mol. The fraction of sp³-hybridized carbons (Fsp3) is 0.286. The minimum absolute atomic E-state index is 0.199. The van der Waals surface area contributed by atoms with Crippen molar-refractivity contribution in [1.29, 1.82) is 0 Å². The van der Waals surface area contributed by atoms with E-state index in [1.165, 1.54) is 0 Å². The minimum atomic E-state index is -0.510. The molecular formula is C21H18Cl2N2O4. The lowest BCUT2D eigenvalue weighted by Crippen LogP contribution is -2.40. The Bertz CT molecular complexity index is 1160. The normalized spacial score (nSPS) is 17.7. The van der Waals surface area contributed by atoms with Crippen molar-refractivity contribution in [3.8, 4) is 22.6 Å². The third-order valence-electron chi connectivity index (χ3n) is 5.72. The zero-order chi connectivity index (χ0) is 20.3. The molecule has 1 amide bonds. The molecule has 0 saturated heterocycles. The molecule has 0 aliphatic carbocycles. The Hall–Kier alpha value is -2.41. The summed E-state index contributed by atoms with van der Waals surface area (Å²) in [7, 11) is 0. The molecule has 3 aromatic rings. The summed E-state index contributed by atoms with van der Waals surface area (Å²) >= 11 is 13.0. The van der Waals surface area contributed by atoms with E-state index in [1.54, 1.807) is 4.90 Å². The van der Waals surface area contributed by atoms with E-state index >= 15 is 0 Å². The predicted octanol–water partition coefficient (Wildman–Crippen LogP) is 4.31. The highest BCUT2D eigenvalue weighted by Gasteiger charge is 2.32. The number of fused-ring (bicyclic) bond motifs is 4. The van der Waals surface area contributed by atoms with E-state index in [0.29, 0.717) is 34.5 Å². The van der Waals surface area contributed by atoms with Crippen molar-refractivity contribution in [2.45, 2.75) is 19.4 Å². The Morgan fingerprint density at radius 3 is 2.86 bits per heavy atom. The number of benzene rings is 2. The Labute approximate surface area is 176 Å². The van der Waals surface area contributed by atoms with Crippen molar-refractivity contribution in [2.75, 3.05) is 19.9 Å². The van der Waals surface area contributed by atoms with Gasteiger partial charge in [0.2, 0.25) is 12.7 Å². The van der Waals surface area contributed by atoms with Crippen molar-refractivity contribution in [2.24, 2.45) is 0 Å². The number of aliphatic hydroxyl groups excluding tert-OH is 1. The van der Waals surface area contributed by atoms with Gasteiger partial charge in [-0.2, -0.15) is 0 Å². The molecule has 2 aliphatic heterocycles. The summed E-state index contributed by atoms with van der Waals surface area (Å²) < 4.78 is 11.0. The molecule has 0 fully saturated rings. The van der Waals surface area contributed by atoms with Crippen molar-refractivity contribution < 1.29 is 19.4 Å². The van der Waals surface area contributed by atoms with Crippen LogP contribution in [-0.4, -0.2) is 40.8 Å². The first-order chi connectivity index (χ1) is 14.0. The molecule has 1 aromatic heterocycles. The summed E-state index contributed by atoms with van der Waals surface area (Å²) in [6.07, 6.45) is 0.647. The Kier molecular flexibility index (Phi) is 4.38. The van der Waals surface area contributed by atoms with Gasteiger partial charge in [-0.05, 0) is 36.2 Å². The van der Waals surface area contributed by atoms with E-state index in [4.69, 9.17) is 32.7 Å². The first kappa shape index (κ1) is 18.6. The number of carbonyl (C=O) groups excluding carboxylic acids is 1. The minimum Gasteiger partial charge on any atom is -0.454 e. The number of H-pyrrole nitrogens is 1. The van der Waals surface area contributed by atoms with Crippen LogP contribution < -0.4 is 9.47 Å². The maximum atomic E-state index is 12.2. The van der Waals surface area contributed by atoms with Gasteiger partial charge in [-0.15, -0.1) is 0 Å². The molecule has 3 heterocycles. The molecule has 0 saturated carbocycles. The first-order valence-electron chi connectivity index (χ1n) is 9.32. The highest BCUT2D eigenvalue weighted by Crippen LogP contribution is 2.46. The molecule has 150 valence electrons. The molecule has 2 aromatic carbocycles. The summed E-state index contributed by atoms with van der Waals surface area (Å²) in [5.74, 6) is 1.09. The molecule has 5 rings (SSSR count). The number of hydrogen-bond donors (Lipinski definition) is 2. The largest absolute Gasteiger partial charge is 0.454 e. The van der Waals surface area contributed by atoms with Crippen LogP contribution >= 0.6 is 23.2 Å². The van der Waals surface area contributed by atoms with Gasteiger partial charge in [-0.25, -0.2) is 0 Å². The lowest BCUT2D eigenvalue weighted by molar-refractivity contribution is -0.136. The van der Waals surface area contributed by atoms with E-state index in [0.717, 1.165) is 33.3 Å². The van der Waals surface area contributed by atoms with Crippen molar-refractivity contribution in [3.63, 3.8) is 0 Å². The number of amides is 1. The van der Waals surface area contributed by atoms with Crippen LogP contribution in [0, 0.1) is 0 Å². The molecule has 2 N–H and O–H groups in total. The van der Waals surface area contributed by atoms with E-state index in [-0.39, 0.29) is 18.7 Å². The van der Waals surface area contributed by atoms with Gasteiger partial charge >= 0.3 is 0 Å². The number of nitrogens with zero attached hydrogens (tertiary/aromatic N) is 1. The van der Waals surface area contributed by atoms with E-state index in [1.807, 2.05) is 31.2 Å². The molecule has 2 aliphatic rings. The quantitative estimate of drug-likeness (QED) is 0.632. The highest BCUT2D eigenvalue weighted by molar-refractivity contribution is 6.45. The van der Waals surface area contributed by atoms with Crippen LogP contribution in [0.4, 0.5) is 0 Å². The second-order valence-corrected chi connectivity index (χ2v) is 8.01. The molecule has 1 atom stereocenters. The van der Waals surface area contributed by atoms with Gasteiger partial charge < -0.3 is 24.5 Å². The van der Waals surface area contributed by atoms with Crippen molar-refractivity contribution in [1.82, 2.24) is 9.88 Å². The third kappa shape index (κ3) is 2.78. The van der Waals surface area contributed by atoms with E-state index in [9.17, 15) is 9.90 Å². The smallest absolute Gasteiger partial charge is 0.248 e. The zero-order valence-electron chi connectivity index (χ0n) is 15.6. The Balaban J connectivity index is 1.76. The van der Waals surface area contributed by atoms with Crippen LogP contribution in [0.5, 0.6) is 11.5 Å². The number of aliphatic hydroxyl groups is 1. The molecular weight excluding hydrogens is 415 g/mol. The molecule has 0 spiro atoms. The molecule has 0 bridgehead atoms. The fourth-order valence-corrected chi connectivity index (χ4v) is 4.76. The summed E-state index contributed by atoms with van der Waals surface area (Å²) in [6.45, 7) is 2.18. The van der Waals surface area contributed by atoms with Crippen LogP contribution in [0.3, 0.4) is 0 Å². The average molecular weight is 433 g/mol. The summed E-state index contributed by atoms with van der Waals surface area (Å²) in [6, 6.07) is 7.38. The lowest BCUT2D eigenvalue weighted by atomic mass is 9.92. The van der Waals surface area contributed by atoms with Gasteiger partial charge in [-0.1, -0.05) is 29.3 Å².